The van der Waals surface area contributed by atoms with E-state index in [1.807, 2.05) is 6.92 Å². The van der Waals surface area contributed by atoms with E-state index >= 15 is 0 Å². The Kier molecular flexibility index (Phi) is 4.38. The van der Waals surface area contributed by atoms with Crippen LogP contribution < -0.4 is 0 Å². The van der Waals surface area contributed by atoms with Crippen LogP contribution in [0, 0.1) is 17.6 Å². The molecule has 0 aliphatic carbocycles. The average molecular weight is 290 g/mol. The van der Waals surface area contributed by atoms with Crippen molar-refractivity contribution in [1.82, 2.24) is 19.7 Å². The highest BCUT2D eigenvalue weighted by atomic mass is 32.1. The average Bonchev–Trinajstić information content (AvgIpc) is 2.70. The summed E-state index contributed by atoms with van der Waals surface area (Å²) in [6, 6.07) is 4.17. The Morgan fingerprint density at radius 3 is 2.50 bits per heavy atom. The molecule has 2 rings (SSSR count). The Morgan fingerprint density at radius 1 is 1.25 bits per heavy atom. The Hall–Kier alpha value is -1.49. The van der Waals surface area contributed by atoms with Gasteiger partial charge < -0.3 is 0 Å². The molecule has 0 amide bonds. The number of nitrogens with zero attached hydrogens (tertiary/aromatic N) is 3. The summed E-state index contributed by atoms with van der Waals surface area (Å²) < 4.78 is 2.72. The van der Waals surface area contributed by atoms with E-state index in [1.54, 1.807) is 0 Å². The lowest BCUT2D eigenvalue weighted by Gasteiger charge is -2.12. The van der Waals surface area contributed by atoms with Gasteiger partial charge in [-0.25, -0.2) is 0 Å². The number of H-pyrrole nitrogens is 1. The van der Waals surface area contributed by atoms with Gasteiger partial charge in [-0.2, -0.15) is 5.10 Å². The molecule has 0 fully saturated rings. The molecule has 0 saturated carbocycles. The number of aryl methyl sites for hydroxylation is 1. The molecule has 2 heterocycles. The molecule has 0 aromatic carbocycles. The van der Waals surface area contributed by atoms with Gasteiger partial charge in [-0.15, -0.1) is 0 Å². The van der Waals surface area contributed by atoms with Gasteiger partial charge in [-0.1, -0.05) is 27.7 Å². The Bertz CT molecular complexity index is 652. The normalized spacial score (nSPS) is 11.6. The molecule has 4 nitrogen and oxygen atoms in total. The summed E-state index contributed by atoms with van der Waals surface area (Å²) >= 11 is 5.33. The highest BCUT2D eigenvalue weighted by molar-refractivity contribution is 7.71. The van der Waals surface area contributed by atoms with Crippen LogP contribution in [0.1, 0.15) is 45.0 Å². The number of rotatable bonds is 4. The fraction of sp³-hybridized carbons (Fsp3) is 0.533. The summed E-state index contributed by atoms with van der Waals surface area (Å²) in [7, 11) is 0. The monoisotopic (exact) mass is 290 g/mol. The van der Waals surface area contributed by atoms with Gasteiger partial charge in [-0.05, 0) is 43.1 Å². The van der Waals surface area contributed by atoms with Crippen molar-refractivity contribution in [1.29, 1.82) is 0 Å². The Balaban J connectivity index is 2.49. The van der Waals surface area contributed by atoms with Crippen molar-refractivity contribution in [2.24, 2.45) is 5.92 Å². The van der Waals surface area contributed by atoms with Crippen LogP contribution in [0.2, 0.25) is 0 Å². The van der Waals surface area contributed by atoms with Crippen LogP contribution in [0.15, 0.2) is 12.1 Å². The maximum Gasteiger partial charge on any atom is 0.195 e. The molecule has 0 saturated heterocycles. The lowest BCUT2D eigenvalue weighted by atomic mass is 10.1. The van der Waals surface area contributed by atoms with E-state index in [9.17, 15) is 0 Å². The summed E-state index contributed by atoms with van der Waals surface area (Å²) in [4.78, 5) is 4.68. The van der Waals surface area contributed by atoms with Crippen LogP contribution in [0.4, 0.5) is 0 Å². The molecule has 0 aliphatic heterocycles. The van der Waals surface area contributed by atoms with Crippen molar-refractivity contribution in [3.05, 3.63) is 28.3 Å². The minimum atomic E-state index is 0.430. The zero-order valence-electron chi connectivity index (χ0n) is 12.8. The van der Waals surface area contributed by atoms with Gasteiger partial charge in [0.15, 0.2) is 10.6 Å². The fourth-order valence-corrected chi connectivity index (χ4v) is 2.40. The standard InChI is InChI=1S/C15H22N4S/c1-9(2)8-19-14(17-18-15(19)20)12-6-7-13(10(3)4)16-11(12)5/h6-7,9-10H,8H2,1-5H3,(H,18,20). The maximum atomic E-state index is 5.33. The Morgan fingerprint density at radius 2 is 1.95 bits per heavy atom. The number of aromatic amines is 1. The van der Waals surface area contributed by atoms with Gasteiger partial charge >= 0.3 is 0 Å². The van der Waals surface area contributed by atoms with Crippen LogP contribution in [0.5, 0.6) is 0 Å². The predicted molar refractivity (Wildman–Crippen MR) is 84.3 cm³/mol. The molecular weight excluding hydrogens is 268 g/mol. The first-order chi connectivity index (χ1) is 9.40. The molecule has 0 aliphatic rings. The minimum Gasteiger partial charge on any atom is -0.300 e. The third kappa shape index (κ3) is 2.98. The predicted octanol–water partition coefficient (Wildman–Crippen LogP) is 4.09. The van der Waals surface area contributed by atoms with Crippen LogP contribution in [0.3, 0.4) is 0 Å². The SMILES string of the molecule is Cc1nc(C(C)C)ccc1-c1n[nH]c(=S)n1CC(C)C. The first-order valence-corrected chi connectivity index (χ1v) is 7.44. The van der Waals surface area contributed by atoms with Gasteiger partial charge in [0.05, 0.1) is 0 Å². The molecule has 0 atom stereocenters. The zero-order chi connectivity index (χ0) is 14.9. The third-order valence-electron chi connectivity index (χ3n) is 3.25. The van der Waals surface area contributed by atoms with Gasteiger partial charge in [0.1, 0.15) is 0 Å². The lowest BCUT2D eigenvalue weighted by molar-refractivity contribution is 0.521. The fourth-order valence-electron chi connectivity index (χ4n) is 2.20. The molecule has 108 valence electrons. The minimum absolute atomic E-state index is 0.430. The maximum absolute atomic E-state index is 5.33. The number of hydrogen-bond donors (Lipinski definition) is 1. The molecular formula is C15H22N4S. The first-order valence-electron chi connectivity index (χ1n) is 7.03. The quantitative estimate of drug-likeness (QED) is 0.863. The van der Waals surface area contributed by atoms with E-state index < -0.39 is 0 Å². The van der Waals surface area contributed by atoms with Crippen molar-refractivity contribution in [3.8, 4) is 11.4 Å². The molecule has 1 N–H and O–H groups in total. The second kappa shape index (κ2) is 5.87. The summed E-state index contributed by atoms with van der Waals surface area (Å²) in [5.74, 6) is 1.82. The first kappa shape index (κ1) is 14.9. The van der Waals surface area contributed by atoms with Gasteiger partial charge in [0.25, 0.3) is 0 Å². The van der Waals surface area contributed by atoms with Gasteiger partial charge in [0.2, 0.25) is 0 Å². The number of pyridine rings is 1. The van der Waals surface area contributed by atoms with Crippen LogP contribution in [-0.2, 0) is 6.54 Å². The topological polar surface area (TPSA) is 46.5 Å². The van der Waals surface area contributed by atoms with E-state index in [0.29, 0.717) is 16.6 Å². The van der Waals surface area contributed by atoms with Gasteiger partial charge in [0, 0.05) is 23.5 Å². The second-order valence-electron chi connectivity index (χ2n) is 5.88. The molecule has 0 spiro atoms. The van der Waals surface area contributed by atoms with Crippen molar-refractivity contribution in [3.63, 3.8) is 0 Å². The number of aromatic nitrogens is 4. The van der Waals surface area contributed by atoms with Crippen LogP contribution in [-0.4, -0.2) is 19.7 Å². The zero-order valence-corrected chi connectivity index (χ0v) is 13.6. The smallest absolute Gasteiger partial charge is 0.195 e. The van der Waals surface area contributed by atoms with E-state index in [0.717, 1.165) is 29.3 Å². The van der Waals surface area contributed by atoms with Crippen molar-refractivity contribution >= 4 is 12.2 Å². The van der Waals surface area contributed by atoms with E-state index in [-0.39, 0.29) is 0 Å². The van der Waals surface area contributed by atoms with Crippen molar-refractivity contribution in [2.45, 2.75) is 47.1 Å². The van der Waals surface area contributed by atoms with Crippen LogP contribution in [0.25, 0.3) is 11.4 Å². The number of hydrogen-bond acceptors (Lipinski definition) is 3. The van der Waals surface area contributed by atoms with E-state index in [2.05, 4.69) is 59.6 Å². The molecule has 20 heavy (non-hydrogen) atoms. The molecule has 0 radical (unpaired) electrons. The summed E-state index contributed by atoms with van der Waals surface area (Å²) in [5.41, 5.74) is 3.15. The summed E-state index contributed by atoms with van der Waals surface area (Å²) in [6.07, 6.45) is 0. The van der Waals surface area contributed by atoms with Crippen molar-refractivity contribution < 1.29 is 0 Å². The van der Waals surface area contributed by atoms with Gasteiger partial charge in [-0.3, -0.25) is 14.6 Å². The lowest BCUT2D eigenvalue weighted by Crippen LogP contribution is -2.07. The van der Waals surface area contributed by atoms with Crippen molar-refractivity contribution in [2.75, 3.05) is 0 Å². The van der Waals surface area contributed by atoms with E-state index in [4.69, 9.17) is 12.2 Å². The molecule has 0 bridgehead atoms. The molecule has 5 heteroatoms. The third-order valence-corrected chi connectivity index (χ3v) is 3.56. The summed E-state index contributed by atoms with van der Waals surface area (Å²) in [6.45, 7) is 11.5. The highest BCUT2D eigenvalue weighted by Gasteiger charge is 2.14. The Labute approximate surface area is 125 Å². The summed E-state index contributed by atoms with van der Waals surface area (Å²) in [5, 5.41) is 7.27. The molecule has 2 aromatic heterocycles. The molecule has 0 unspecified atom stereocenters. The molecule has 2 aromatic rings. The second-order valence-corrected chi connectivity index (χ2v) is 6.27. The highest BCUT2D eigenvalue weighted by Crippen LogP contribution is 2.23. The number of nitrogens with one attached hydrogen (secondary N) is 1. The largest absolute Gasteiger partial charge is 0.300 e. The van der Waals surface area contributed by atoms with Crippen LogP contribution >= 0.6 is 12.2 Å². The van der Waals surface area contributed by atoms with E-state index in [1.165, 1.54) is 0 Å².